The van der Waals surface area contributed by atoms with E-state index in [4.69, 9.17) is 16.3 Å². The molecule has 2 heterocycles. The summed E-state index contributed by atoms with van der Waals surface area (Å²) in [4.78, 5) is 19.1. The lowest BCUT2D eigenvalue weighted by atomic mass is 9.91. The van der Waals surface area contributed by atoms with Crippen molar-refractivity contribution < 1.29 is 9.53 Å². The number of nitrogens with zero attached hydrogens (tertiary/aromatic N) is 1. The zero-order chi connectivity index (χ0) is 20.7. The van der Waals surface area contributed by atoms with Crippen LogP contribution in [0.3, 0.4) is 0 Å². The van der Waals surface area contributed by atoms with E-state index in [9.17, 15) is 4.79 Å². The Labute approximate surface area is 180 Å². The second kappa shape index (κ2) is 7.54. The SMILES string of the molecule is COc1ccc(C(=O)N2CCc3c([nH]c4ccccc34)C2c2ccc(Cl)cc2)cc1. The van der Waals surface area contributed by atoms with Gasteiger partial charge in [-0.15, -0.1) is 0 Å². The monoisotopic (exact) mass is 416 g/mol. The van der Waals surface area contributed by atoms with E-state index in [0.717, 1.165) is 28.9 Å². The highest BCUT2D eigenvalue weighted by molar-refractivity contribution is 6.30. The number of aromatic nitrogens is 1. The van der Waals surface area contributed by atoms with Gasteiger partial charge in [0.2, 0.25) is 0 Å². The molecule has 4 aromatic rings. The lowest BCUT2D eigenvalue weighted by molar-refractivity contribution is 0.0692. The van der Waals surface area contributed by atoms with Gasteiger partial charge in [-0.3, -0.25) is 4.79 Å². The molecule has 150 valence electrons. The molecule has 0 spiro atoms. The molecular formula is C25H21ClN2O2. The third-order valence-corrected chi connectivity index (χ3v) is 6.07. The van der Waals surface area contributed by atoms with Crippen LogP contribution >= 0.6 is 11.6 Å². The summed E-state index contributed by atoms with van der Waals surface area (Å²) in [7, 11) is 1.62. The summed E-state index contributed by atoms with van der Waals surface area (Å²) in [6.45, 7) is 0.646. The molecule has 4 nitrogen and oxygen atoms in total. The number of carbonyl (C=O) groups excluding carboxylic acids is 1. The fourth-order valence-electron chi connectivity index (χ4n) is 4.35. The lowest BCUT2D eigenvalue weighted by Gasteiger charge is -2.36. The Kier molecular flexibility index (Phi) is 4.72. The summed E-state index contributed by atoms with van der Waals surface area (Å²) < 4.78 is 5.23. The number of amides is 1. The lowest BCUT2D eigenvalue weighted by Crippen LogP contribution is -2.40. The Morgan fingerprint density at radius 1 is 1.03 bits per heavy atom. The first-order valence-corrected chi connectivity index (χ1v) is 10.3. The summed E-state index contributed by atoms with van der Waals surface area (Å²) in [6, 6.07) is 23.2. The largest absolute Gasteiger partial charge is 0.497 e. The van der Waals surface area contributed by atoms with Crippen LogP contribution in [-0.4, -0.2) is 29.4 Å². The standard InChI is InChI=1S/C25H21ClN2O2/c1-30-19-12-8-17(9-13-19)25(29)28-15-14-21-20-4-2-3-5-22(20)27-23(21)24(28)16-6-10-18(26)11-7-16/h2-13,24,27H,14-15H2,1H3. The number of nitrogens with one attached hydrogen (secondary N) is 1. The molecule has 5 rings (SSSR count). The number of fused-ring (bicyclic) bond motifs is 3. The topological polar surface area (TPSA) is 45.3 Å². The summed E-state index contributed by atoms with van der Waals surface area (Å²) in [5.41, 5.74) is 5.14. The third-order valence-electron chi connectivity index (χ3n) is 5.82. The van der Waals surface area contributed by atoms with Gasteiger partial charge in [-0.2, -0.15) is 0 Å². The van der Waals surface area contributed by atoms with Crippen molar-refractivity contribution in [3.63, 3.8) is 0 Å². The van der Waals surface area contributed by atoms with Crippen LogP contribution in [0.25, 0.3) is 10.9 Å². The minimum Gasteiger partial charge on any atom is -0.497 e. The maximum absolute atomic E-state index is 13.5. The van der Waals surface area contributed by atoms with Crippen molar-refractivity contribution >= 4 is 28.4 Å². The molecule has 1 N–H and O–H groups in total. The van der Waals surface area contributed by atoms with Gasteiger partial charge in [-0.05, 0) is 60.0 Å². The van der Waals surface area contributed by atoms with E-state index in [1.54, 1.807) is 7.11 Å². The maximum Gasteiger partial charge on any atom is 0.254 e. The van der Waals surface area contributed by atoms with E-state index in [1.165, 1.54) is 10.9 Å². The Hall–Kier alpha value is -3.24. The zero-order valence-electron chi connectivity index (χ0n) is 16.6. The van der Waals surface area contributed by atoms with Crippen molar-refractivity contribution in [3.05, 3.63) is 100 Å². The first kappa shape index (κ1) is 18.8. The molecular weight excluding hydrogens is 396 g/mol. The number of halogens is 1. The molecule has 1 atom stereocenters. The van der Waals surface area contributed by atoms with Crippen LogP contribution in [0.5, 0.6) is 5.75 Å². The molecule has 0 saturated carbocycles. The molecule has 1 aliphatic heterocycles. The first-order valence-electron chi connectivity index (χ1n) is 9.95. The van der Waals surface area contributed by atoms with Crippen molar-refractivity contribution in [3.8, 4) is 5.75 Å². The number of carbonyl (C=O) groups is 1. The van der Waals surface area contributed by atoms with Crippen LogP contribution in [0.2, 0.25) is 5.02 Å². The number of rotatable bonds is 3. The van der Waals surface area contributed by atoms with E-state index >= 15 is 0 Å². The van der Waals surface area contributed by atoms with Crippen molar-refractivity contribution in [2.45, 2.75) is 12.5 Å². The zero-order valence-corrected chi connectivity index (χ0v) is 17.3. The number of ether oxygens (including phenoxy) is 1. The van der Waals surface area contributed by atoms with Crippen LogP contribution in [0.15, 0.2) is 72.8 Å². The summed E-state index contributed by atoms with van der Waals surface area (Å²) in [5, 5.41) is 1.91. The molecule has 1 unspecified atom stereocenters. The maximum atomic E-state index is 13.5. The Morgan fingerprint density at radius 3 is 2.50 bits per heavy atom. The van der Waals surface area contributed by atoms with Gasteiger partial charge < -0.3 is 14.6 Å². The number of methoxy groups -OCH3 is 1. The fourth-order valence-corrected chi connectivity index (χ4v) is 4.48. The van der Waals surface area contributed by atoms with E-state index in [1.807, 2.05) is 59.5 Å². The molecule has 1 aromatic heterocycles. The molecule has 1 amide bonds. The molecule has 0 saturated heterocycles. The average Bonchev–Trinajstić information content (AvgIpc) is 3.17. The van der Waals surface area contributed by atoms with Crippen molar-refractivity contribution in [2.75, 3.05) is 13.7 Å². The van der Waals surface area contributed by atoms with Gasteiger partial charge in [0.05, 0.1) is 13.2 Å². The number of aromatic amines is 1. The van der Waals surface area contributed by atoms with Crippen molar-refractivity contribution in [1.29, 1.82) is 0 Å². The van der Waals surface area contributed by atoms with Gasteiger partial charge in [0.15, 0.2) is 0 Å². The number of para-hydroxylation sites is 1. The predicted molar refractivity (Wildman–Crippen MR) is 119 cm³/mol. The smallest absolute Gasteiger partial charge is 0.254 e. The van der Waals surface area contributed by atoms with E-state index in [0.29, 0.717) is 17.1 Å². The molecule has 30 heavy (non-hydrogen) atoms. The van der Waals surface area contributed by atoms with Gasteiger partial charge in [0.1, 0.15) is 5.75 Å². The number of benzene rings is 3. The molecule has 0 radical (unpaired) electrons. The molecule has 0 aliphatic carbocycles. The highest BCUT2D eigenvalue weighted by Gasteiger charge is 2.34. The van der Waals surface area contributed by atoms with Crippen LogP contribution in [-0.2, 0) is 6.42 Å². The average molecular weight is 417 g/mol. The van der Waals surface area contributed by atoms with Crippen molar-refractivity contribution in [1.82, 2.24) is 9.88 Å². The van der Waals surface area contributed by atoms with Gasteiger partial charge in [0, 0.05) is 33.7 Å². The normalized spacial score (nSPS) is 15.8. The van der Waals surface area contributed by atoms with Crippen molar-refractivity contribution in [2.24, 2.45) is 0 Å². The Bertz CT molecular complexity index is 1210. The van der Waals surface area contributed by atoms with E-state index in [2.05, 4.69) is 23.2 Å². The highest BCUT2D eigenvalue weighted by Crippen LogP contribution is 2.39. The first-order chi connectivity index (χ1) is 14.7. The quantitative estimate of drug-likeness (QED) is 0.471. The number of hydrogen-bond acceptors (Lipinski definition) is 2. The molecule has 0 bridgehead atoms. The number of H-pyrrole nitrogens is 1. The van der Waals surface area contributed by atoms with E-state index in [-0.39, 0.29) is 11.9 Å². The summed E-state index contributed by atoms with van der Waals surface area (Å²) in [5.74, 6) is 0.735. The van der Waals surface area contributed by atoms with Crippen LogP contribution in [0, 0.1) is 0 Å². The van der Waals surface area contributed by atoms with E-state index < -0.39 is 0 Å². The van der Waals surface area contributed by atoms with Crippen LogP contribution in [0.1, 0.15) is 33.2 Å². The van der Waals surface area contributed by atoms with Crippen LogP contribution < -0.4 is 4.74 Å². The predicted octanol–water partition coefficient (Wildman–Crippen LogP) is 5.62. The third kappa shape index (κ3) is 3.14. The van der Waals surface area contributed by atoms with Crippen LogP contribution in [0.4, 0.5) is 0 Å². The Morgan fingerprint density at radius 2 is 1.77 bits per heavy atom. The molecule has 5 heteroatoms. The van der Waals surface area contributed by atoms with Gasteiger partial charge in [0.25, 0.3) is 5.91 Å². The second-order valence-corrected chi connectivity index (χ2v) is 7.93. The summed E-state index contributed by atoms with van der Waals surface area (Å²) in [6.07, 6.45) is 0.811. The molecule has 1 aliphatic rings. The van der Waals surface area contributed by atoms with Gasteiger partial charge in [-0.25, -0.2) is 0 Å². The van der Waals surface area contributed by atoms with Gasteiger partial charge >= 0.3 is 0 Å². The Balaban J connectivity index is 1.62. The minimum absolute atomic E-state index is 0.00177. The highest BCUT2D eigenvalue weighted by atomic mass is 35.5. The molecule has 3 aromatic carbocycles. The number of hydrogen-bond donors (Lipinski definition) is 1. The molecule has 0 fully saturated rings. The van der Waals surface area contributed by atoms with Gasteiger partial charge in [-0.1, -0.05) is 41.9 Å². The fraction of sp³-hybridized carbons (Fsp3) is 0.160. The second-order valence-electron chi connectivity index (χ2n) is 7.49. The summed E-state index contributed by atoms with van der Waals surface area (Å²) >= 11 is 6.14. The minimum atomic E-state index is -0.201.